The fourth-order valence-corrected chi connectivity index (χ4v) is 7.36. The molecule has 2 aliphatic heterocycles. The Bertz CT molecular complexity index is 2070. The number of benzene rings is 5. The Morgan fingerprint density at radius 2 is 1.37 bits per heavy atom. The van der Waals surface area contributed by atoms with Crippen LogP contribution < -0.4 is 9.47 Å². The molecule has 0 saturated heterocycles. The Morgan fingerprint density at radius 3 is 2.09 bits per heavy atom. The maximum absolute atomic E-state index is 13.2. The molecule has 1 unspecified atom stereocenters. The Morgan fingerprint density at radius 1 is 0.721 bits per heavy atom. The van der Waals surface area contributed by atoms with Gasteiger partial charge in [0.1, 0.15) is 11.5 Å². The summed E-state index contributed by atoms with van der Waals surface area (Å²) >= 11 is 0. The smallest absolute Gasteiger partial charge is 0.347 e. The second kappa shape index (κ2) is 8.68. The summed E-state index contributed by atoms with van der Waals surface area (Å²) in [6, 6.07) is 28.4. The zero-order chi connectivity index (χ0) is 29.7. The minimum atomic E-state index is -0.888. The molecule has 0 N–H and O–H groups in total. The minimum absolute atomic E-state index is 0.364. The molecule has 8 rings (SSSR count). The van der Waals surface area contributed by atoms with Gasteiger partial charge < -0.3 is 14.2 Å². The Balaban J connectivity index is 1.46. The van der Waals surface area contributed by atoms with Crippen molar-refractivity contribution in [1.82, 2.24) is 0 Å². The van der Waals surface area contributed by atoms with Crippen LogP contribution in [0.5, 0.6) is 11.5 Å². The normalized spacial score (nSPS) is 18.9. The van der Waals surface area contributed by atoms with Crippen molar-refractivity contribution < 1.29 is 23.8 Å². The van der Waals surface area contributed by atoms with Crippen LogP contribution >= 0.6 is 0 Å². The predicted molar refractivity (Wildman–Crippen MR) is 166 cm³/mol. The molecule has 5 aromatic carbocycles. The van der Waals surface area contributed by atoms with Gasteiger partial charge >= 0.3 is 11.9 Å². The molecule has 2 heterocycles. The predicted octanol–water partition coefficient (Wildman–Crippen LogP) is 8.12. The lowest BCUT2D eigenvalue weighted by Gasteiger charge is -2.38. The summed E-state index contributed by atoms with van der Waals surface area (Å²) in [5.41, 5.74) is 6.89. The molecule has 1 atom stereocenters. The van der Waals surface area contributed by atoms with E-state index in [9.17, 15) is 9.59 Å². The third kappa shape index (κ3) is 3.28. The molecule has 0 fully saturated rings. The molecule has 5 aromatic rings. The minimum Gasteiger partial charge on any atom is -0.497 e. The highest BCUT2D eigenvalue weighted by atomic mass is 16.6. The molecule has 1 aliphatic carbocycles. The molecule has 0 aromatic heterocycles. The van der Waals surface area contributed by atoms with Crippen LogP contribution in [0.4, 0.5) is 0 Å². The largest absolute Gasteiger partial charge is 0.497 e. The van der Waals surface area contributed by atoms with Crippen LogP contribution in [-0.4, -0.2) is 19.0 Å². The summed E-state index contributed by atoms with van der Waals surface area (Å²) in [7, 11) is 1.66. The lowest BCUT2D eigenvalue weighted by Crippen LogP contribution is -2.35. The molecule has 0 spiro atoms. The summed E-state index contributed by atoms with van der Waals surface area (Å²) in [5.74, 6) is 0.392. The second-order valence-corrected chi connectivity index (χ2v) is 12.0. The van der Waals surface area contributed by atoms with E-state index >= 15 is 0 Å². The van der Waals surface area contributed by atoms with Crippen LogP contribution in [0.2, 0.25) is 0 Å². The van der Waals surface area contributed by atoms with Gasteiger partial charge in [-0.3, -0.25) is 0 Å². The summed E-state index contributed by atoms with van der Waals surface area (Å²) in [5, 5.41) is 1.90. The highest BCUT2D eigenvalue weighted by Gasteiger charge is 2.48. The van der Waals surface area contributed by atoms with Crippen molar-refractivity contribution in [1.29, 1.82) is 0 Å². The first kappa shape index (κ1) is 25.5. The van der Waals surface area contributed by atoms with E-state index < -0.39 is 23.0 Å². The molecule has 3 aliphatic rings. The average Bonchev–Trinajstić information content (AvgIpc) is 3.46. The standard InChI is InChI=1S/C38H28O5/c1-21-20-28-31(32-29(21)35(39)42-36(32)40)30-25-12-8-9-13-26(25)34-27(33(30)37(28,2)3)18-19-38(43-34,22-10-6-5-7-11-22)23-14-16-24(41-4)17-15-23/h5-20H,1-4H3. The van der Waals surface area contributed by atoms with Crippen LogP contribution in [0.25, 0.3) is 28.0 Å². The lowest BCUT2D eigenvalue weighted by molar-refractivity contribution is 0.0444. The van der Waals surface area contributed by atoms with E-state index in [1.807, 2.05) is 67.6 Å². The van der Waals surface area contributed by atoms with Crippen LogP contribution in [0.3, 0.4) is 0 Å². The molecule has 0 saturated carbocycles. The van der Waals surface area contributed by atoms with E-state index in [-0.39, 0.29) is 0 Å². The molecule has 0 bridgehead atoms. The van der Waals surface area contributed by atoms with E-state index in [1.54, 1.807) is 7.11 Å². The van der Waals surface area contributed by atoms with Gasteiger partial charge in [-0.15, -0.1) is 0 Å². The first-order chi connectivity index (χ1) is 20.8. The topological polar surface area (TPSA) is 61.8 Å². The van der Waals surface area contributed by atoms with Gasteiger partial charge in [-0.05, 0) is 52.8 Å². The maximum atomic E-state index is 13.2. The summed E-state index contributed by atoms with van der Waals surface area (Å²) < 4.78 is 17.9. The molecule has 0 radical (unpaired) electrons. The summed E-state index contributed by atoms with van der Waals surface area (Å²) in [6.07, 6.45) is 4.31. The zero-order valence-electron chi connectivity index (χ0n) is 24.3. The number of carbonyl (C=O) groups excluding carboxylic acids is 2. The fraction of sp³-hybridized carbons (Fsp3) is 0.158. The Hall–Kier alpha value is -5.16. The number of cyclic esters (lactones) is 2. The molecular weight excluding hydrogens is 536 g/mol. The van der Waals surface area contributed by atoms with Gasteiger partial charge in [-0.25, -0.2) is 9.59 Å². The van der Waals surface area contributed by atoms with E-state index in [4.69, 9.17) is 14.2 Å². The van der Waals surface area contributed by atoms with E-state index in [0.717, 1.165) is 66.8 Å². The van der Waals surface area contributed by atoms with Gasteiger partial charge in [0.15, 0.2) is 5.60 Å². The van der Waals surface area contributed by atoms with Crippen molar-refractivity contribution in [3.63, 3.8) is 0 Å². The Kier molecular flexibility index (Phi) is 5.16. The van der Waals surface area contributed by atoms with Crippen molar-refractivity contribution >= 4 is 28.8 Å². The van der Waals surface area contributed by atoms with E-state index in [1.165, 1.54) is 0 Å². The third-order valence-electron chi connectivity index (χ3n) is 9.34. The van der Waals surface area contributed by atoms with E-state index in [0.29, 0.717) is 11.1 Å². The molecule has 0 amide bonds. The first-order valence-electron chi connectivity index (χ1n) is 14.4. The average molecular weight is 565 g/mol. The summed E-state index contributed by atoms with van der Waals surface area (Å²) in [4.78, 5) is 26.0. The maximum Gasteiger partial charge on any atom is 0.347 e. The number of esters is 2. The highest BCUT2D eigenvalue weighted by Crippen LogP contribution is 2.59. The van der Waals surface area contributed by atoms with E-state index in [2.05, 4.69) is 50.3 Å². The second-order valence-electron chi connectivity index (χ2n) is 12.0. The number of hydrogen-bond donors (Lipinski definition) is 0. The number of rotatable bonds is 3. The van der Waals surface area contributed by atoms with Crippen LogP contribution in [-0.2, 0) is 15.8 Å². The molecule has 43 heavy (non-hydrogen) atoms. The number of ether oxygens (including phenoxy) is 3. The Labute approximate surface area is 249 Å². The van der Waals surface area contributed by atoms with Crippen LogP contribution in [0.15, 0.2) is 91.0 Å². The molecular formula is C38H28O5. The van der Waals surface area contributed by atoms with Gasteiger partial charge in [-0.1, -0.05) is 92.7 Å². The van der Waals surface area contributed by atoms with Gasteiger partial charge in [0.25, 0.3) is 0 Å². The number of hydrogen-bond acceptors (Lipinski definition) is 5. The number of fused-ring (bicyclic) bond motifs is 10. The monoisotopic (exact) mass is 564 g/mol. The van der Waals surface area contributed by atoms with Crippen LogP contribution in [0, 0.1) is 6.92 Å². The van der Waals surface area contributed by atoms with Gasteiger partial charge in [0.2, 0.25) is 0 Å². The highest BCUT2D eigenvalue weighted by molar-refractivity contribution is 6.22. The number of carbonyl (C=O) groups is 2. The van der Waals surface area contributed by atoms with Gasteiger partial charge in [0, 0.05) is 33.1 Å². The van der Waals surface area contributed by atoms with Crippen LogP contribution in [0.1, 0.15) is 67.9 Å². The number of aryl methyl sites for hydroxylation is 1. The molecule has 5 heteroatoms. The fourth-order valence-electron chi connectivity index (χ4n) is 7.36. The van der Waals surface area contributed by atoms with Crippen molar-refractivity contribution in [3.8, 4) is 22.6 Å². The van der Waals surface area contributed by atoms with Gasteiger partial charge in [0.05, 0.1) is 18.2 Å². The molecule has 5 nitrogen and oxygen atoms in total. The van der Waals surface area contributed by atoms with Gasteiger partial charge in [-0.2, -0.15) is 0 Å². The summed E-state index contributed by atoms with van der Waals surface area (Å²) in [6.45, 7) is 6.23. The number of methoxy groups -OCH3 is 1. The van der Waals surface area contributed by atoms with Crippen molar-refractivity contribution in [2.45, 2.75) is 31.8 Å². The first-order valence-corrected chi connectivity index (χ1v) is 14.4. The SMILES string of the molecule is COc1ccc(C2(c3ccccc3)C=Cc3c4c(c5ccccc5c3O2)-c2c(cc(C)c3c2C(=O)OC3=O)C4(C)C)cc1. The van der Waals surface area contributed by atoms with Crippen molar-refractivity contribution in [2.75, 3.05) is 7.11 Å². The van der Waals surface area contributed by atoms with Crippen molar-refractivity contribution in [2.24, 2.45) is 0 Å². The zero-order valence-corrected chi connectivity index (χ0v) is 24.3. The molecule has 210 valence electrons. The van der Waals surface area contributed by atoms with Crippen molar-refractivity contribution in [3.05, 3.63) is 136 Å². The lowest BCUT2D eigenvalue weighted by atomic mass is 9.76. The third-order valence-corrected chi connectivity index (χ3v) is 9.34. The quantitative estimate of drug-likeness (QED) is 0.164.